The lowest BCUT2D eigenvalue weighted by molar-refractivity contribution is -0.137. The molecule has 0 aliphatic rings. The predicted molar refractivity (Wildman–Crippen MR) is 62.3 cm³/mol. The van der Waals surface area contributed by atoms with Crippen LogP contribution in [0.3, 0.4) is 0 Å². The third-order valence-corrected chi connectivity index (χ3v) is 2.30. The molecule has 1 amide bonds. The van der Waals surface area contributed by atoms with E-state index in [9.17, 15) is 9.59 Å². The van der Waals surface area contributed by atoms with Gasteiger partial charge in [-0.25, -0.2) is 0 Å². The lowest BCUT2D eigenvalue weighted by Gasteiger charge is -2.20. The number of nitrogens with zero attached hydrogens (tertiary/aromatic N) is 1. The number of likely N-dealkylation sites (N-methyl/N-ethyl adjacent to an activating group) is 1. The van der Waals surface area contributed by atoms with Gasteiger partial charge in [-0.1, -0.05) is 6.92 Å². The molecule has 0 saturated heterocycles. The number of hydrogen-bond acceptors (Lipinski definition) is 3. The molecule has 0 radical (unpaired) electrons. The maximum Gasteiger partial charge on any atom is 0.303 e. The molecule has 0 atom stereocenters. The third-order valence-electron chi connectivity index (χ3n) is 2.30. The number of unbranched alkanes of at least 4 members (excludes halogenated alkanes) is 1. The van der Waals surface area contributed by atoms with Crippen molar-refractivity contribution in [2.45, 2.75) is 32.6 Å². The average Bonchev–Trinajstić information content (AvgIpc) is 2.24. The highest BCUT2D eigenvalue weighted by atomic mass is 16.4. The van der Waals surface area contributed by atoms with Gasteiger partial charge in [-0.15, -0.1) is 0 Å². The Labute approximate surface area is 96.8 Å². The van der Waals surface area contributed by atoms with Crippen LogP contribution in [-0.4, -0.2) is 48.6 Å². The number of rotatable bonds is 9. The van der Waals surface area contributed by atoms with Gasteiger partial charge in [0.05, 0.1) is 6.54 Å². The van der Waals surface area contributed by atoms with E-state index in [1.54, 1.807) is 7.05 Å². The molecule has 0 unspecified atom stereocenters. The lowest BCUT2D eigenvalue weighted by atomic mass is 10.2. The summed E-state index contributed by atoms with van der Waals surface area (Å²) in [4.78, 5) is 23.6. The van der Waals surface area contributed by atoms with Gasteiger partial charge >= 0.3 is 5.97 Å². The molecule has 0 bridgehead atoms. The second-order valence-electron chi connectivity index (χ2n) is 3.80. The zero-order valence-corrected chi connectivity index (χ0v) is 10.2. The molecule has 5 nitrogen and oxygen atoms in total. The number of carbonyl (C=O) groups is 2. The largest absolute Gasteiger partial charge is 0.481 e. The average molecular weight is 230 g/mol. The lowest BCUT2D eigenvalue weighted by Crippen LogP contribution is -2.36. The van der Waals surface area contributed by atoms with Gasteiger partial charge in [0, 0.05) is 13.5 Å². The topological polar surface area (TPSA) is 69.6 Å². The maximum absolute atomic E-state index is 11.2. The van der Waals surface area contributed by atoms with Gasteiger partial charge < -0.3 is 10.4 Å². The van der Waals surface area contributed by atoms with E-state index in [-0.39, 0.29) is 12.3 Å². The summed E-state index contributed by atoms with van der Waals surface area (Å²) in [6.07, 6.45) is 2.70. The van der Waals surface area contributed by atoms with Crippen molar-refractivity contribution in [2.75, 3.05) is 26.7 Å². The fourth-order valence-electron chi connectivity index (χ4n) is 1.48. The van der Waals surface area contributed by atoms with Crippen molar-refractivity contribution < 1.29 is 14.7 Å². The van der Waals surface area contributed by atoms with Gasteiger partial charge in [0.2, 0.25) is 5.91 Å². The van der Waals surface area contributed by atoms with Crippen LogP contribution in [0.1, 0.15) is 32.6 Å². The number of carboxylic acid groups (broad SMARTS) is 1. The van der Waals surface area contributed by atoms with Crippen LogP contribution in [0.25, 0.3) is 0 Å². The second-order valence-corrected chi connectivity index (χ2v) is 3.80. The molecule has 2 N–H and O–H groups in total. The smallest absolute Gasteiger partial charge is 0.303 e. The van der Waals surface area contributed by atoms with Crippen LogP contribution in [0.15, 0.2) is 0 Å². The SMILES string of the molecule is CCCN(CCCCC(=O)O)CC(=O)NC. The minimum atomic E-state index is -0.756. The number of amides is 1. The summed E-state index contributed by atoms with van der Waals surface area (Å²) in [5.41, 5.74) is 0. The molecule has 0 aliphatic heterocycles. The number of nitrogens with one attached hydrogen (secondary N) is 1. The first-order valence-electron chi connectivity index (χ1n) is 5.74. The summed E-state index contributed by atoms with van der Waals surface area (Å²) in [6, 6.07) is 0. The summed E-state index contributed by atoms with van der Waals surface area (Å²) in [6.45, 7) is 4.13. The standard InChI is InChI=1S/C11H22N2O3/c1-3-7-13(9-10(14)12-2)8-5-4-6-11(15)16/h3-9H2,1-2H3,(H,12,14)(H,15,16). The highest BCUT2D eigenvalue weighted by molar-refractivity contribution is 5.77. The molecule has 0 aliphatic carbocycles. The van der Waals surface area contributed by atoms with Crippen molar-refractivity contribution in [1.29, 1.82) is 0 Å². The van der Waals surface area contributed by atoms with Crippen LogP contribution in [0, 0.1) is 0 Å². The molecule has 0 saturated carbocycles. The van der Waals surface area contributed by atoms with Gasteiger partial charge in [0.25, 0.3) is 0 Å². The van der Waals surface area contributed by atoms with Crippen molar-refractivity contribution in [3.63, 3.8) is 0 Å². The van der Waals surface area contributed by atoms with Gasteiger partial charge in [-0.3, -0.25) is 14.5 Å². The van der Waals surface area contributed by atoms with Crippen molar-refractivity contribution in [3.8, 4) is 0 Å². The Morgan fingerprint density at radius 1 is 1.25 bits per heavy atom. The number of carbonyl (C=O) groups excluding carboxylic acids is 1. The van der Waals surface area contributed by atoms with Crippen molar-refractivity contribution in [1.82, 2.24) is 10.2 Å². The number of aliphatic carboxylic acids is 1. The van der Waals surface area contributed by atoms with Crippen LogP contribution >= 0.6 is 0 Å². The Morgan fingerprint density at radius 2 is 1.94 bits per heavy atom. The van der Waals surface area contributed by atoms with Gasteiger partial charge in [0.1, 0.15) is 0 Å². The first-order chi connectivity index (χ1) is 7.60. The minimum absolute atomic E-state index is 0.00619. The normalized spacial score (nSPS) is 10.4. The highest BCUT2D eigenvalue weighted by Crippen LogP contribution is 2.00. The number of hydrogen-bond donors (Lipinski definition) is 2. The molecule has 0 spiro atoms. The molecular weight excluding hydrogens is 208 g/mol. The Kier molecular flexibility index (Phi) is 8.52. The molecule has 0 aromatic carbocycles. The van der Waals surface area contributed by atoms with E-state index >= 15 is 0 Å². The van der Waals surface area contributed by atoms with Gasteiger partial charge in [-0.2, -0.15) is 0 Å². The Balaban J connectivity index is 3.75. The van der Waals surface area contributed by atoms with Crippen molar-refractivity contribution in [2.24, 2.45) is 0 Å². The Bertz CT molecular complexity index is 219. The van der Waals surface area contributed by atoms with Crippen LogP contribution in [0.2, 0.25) is 0 Å². The predicted octanol–water partition coefficient (Wildman–Crippen LogP) is 0.699. The van der Waals surface area contributed by atoms with Crippen LogP contribution in [-0.2, 0) is 9.59 Å². The van der Waals surface area contributed by atoms with E-state index in [1.807, 2.05) is 0 Å². The zero-order valence-electron chi connectivity index (χ0n) is 10.2. The summed E-state index contributed by atoms with van der Waals surface area (Å²) in [5.74, 6) is -0.750. The first-order valence-corrected chi connectivity index (χ1v) is 5.74. The van der Waals surface area contributed by atoms with E-state index in [1.165, 1.54) is 0 Å². The van der Waals surface area contributed by atoms with Crippen molar-refractivity contribution >= 4 is 11.9 Å². The molecule has 0 rings (SSSR count). The fourth-order valence-corrected chi connectivity index (χ4v) is 1.48. The molecular formula is C11H22N2O3. The summed E-state index contributed by atoms with van der Waals surface area (Å²) in [7, 11) is 1.62. The van der Waals surface area contributed by atoms with Crippen LogP contribution < -0.4 is 5.32 Å². The summed E-state index contributed by atoms with van der Waals surface area (Å²) >= 11 is 0. The zero-order chi connectivity index (χ0) is 12.4. The summed E-state index contributed by atoms with van der Waals surface area (Å²) < 4.78 is 0. The molecule has 94 valence electrons. The molecule has 0 fully saturated rings. The Morgan fingerprint density at radius 3 is 2.44 bits per heavy atom. The highest BCUT2D eigenvalue weighted by Gasteiger charge is 2.08. The second kappa shape index (κ2) is 9.15. The van der Waals surface area contributed by atoms with E-state index in [0.717, 1.165) is 25.9 Å². The molecule has 0 aromatic heterocycles. The van der Waals surface area contributed by atoms with Gasteiger partial charge in [-0.05, 0) is 32.4 Å². The van der Waals surface area contributed by atoms with Crippen LogP contribution in [0.5, 0.6) is 0 Å². The van der Waals surface area contributed by atoms with E-state index in [0.29, 0.717) is 13.0 Å². The van der Waals surface area contributed by atoms with Crippen molar-refractivity contribution in [3.05, 3.63) is 0 Å². The fraction of sp³-hybridized carbons (Fsp3) is 0.818. The van der Waals surface area contributed by atoms with Gasteiger partial charge in [0.15, 0.2) is 0 Å². The summed E-state index contributed by atoms with van der Waals surface area (Å²) in [5, 5.41) is 11.1. The maximum atomic E-state index is 11.2. The van der Waals surface area contributed by atoms with Crippen LogP contribution in [0.4, 0.5) is 0 Å². The minimum Gasteiger partial charge on any atom is -0.481 e. The molecule has 16 heavy (non-hydrogen) atoms. The number of carboxylic acids is 1. The quantitative estimate of drug-likeness (QED) is 0.572. The first kappa shape index (κ1) is 14.9. The van der Waals surface area contributed by atoms with E-state index in [4.69, 9.17) is 5.11 Å². The van der Waals surface area contributed by atoms with E-state index in [2.05, 4.69) is 17.1 Å². The third kappa shape index (κ3) is 8.23. The Hall–Kier alpha value is -1.10. The monoisotopic (exact) mass is 230 g/mol. The molecule has 5 heteroatoms. The van der Waals surface area contributed by atoms with E-state index < -0.39 is 5.97 Å². The molecule has 0 heterocycles. The molecule has 0 aromatic rings.